The van der Waals surface area contributed by atoms with Crippen LogP contribution in [-0.4, -0.2) is 29.3 Å². The van der Waals surface area contributed by atoms with E-state index < -0.39 is 0 Å². The van der Waals surface area contributed by atoms with Crippen molar-refractivity contribution in [1.82, 2.24) is 29.3 Å². The summed E-state index contributed by atoms with van der Waals surface area (Å²) in [5.41, 5.74) is 11.9. The molecule has 14 aromatic rings. The molecule has 0 radical (unpaired) electrons. The van der Waals surface area contributed by atoms with Crippen molar-refractivity contribution in [2.45, 2.75) is 0 Å². The standard InChI is InChI=1S/C58H34N6OS/c1-3-13-35(14-4-1)56-60-57(62-58(61-56)46-22-12-20-44-41-17-7-9-23-51(41)65-54(44)46)36-25-28-38(29-26-36)63-49-31-27-37(40-19-11-21-45-42-18-8-10-24-52(42)66-55(40)45)33-47(49)43-30-32-50-48(53(43)63)34-59-64(50)39-15-5-2-6-16-39/h1-34H. The van der Waals surface area contributed by atoms with Gasteiger partial charge in [0, 0.05) is 63.9 Å². The second kappa shape index (κ2) is 14.4. The molecule has 0 aliphatic rings. The van der Waals surface area contributed by atoms with E-state index in [1.807, 2.05) is 88.9 Å². The van der Waals surface area contributed by atoms with Crippen LogP contribution in [0.5, 0.6) is 0 Å². The minimum absolute atomic E-state index is 0.551. The molecule has 5 heterocycles. The van der Waals surface area contributed by atoms with Crippen LogP contribution in [0.15, 0.2) is 211 Å². The molecule has 0 spiro atoms. The second-order valence-electron chi connectivity index (χ2n) is 16.6. The summed E-state index contributed by atoms with van der Waals surface area (Å²) in [4.78, 5) is 15.3. The first-order valence-corrected chi connectivity index (χ1v) is 22.8. The largest absolute Gasteiger partial charge is 0.455 e. The number of nitrogens with zero attached hydrogens (tertiary/aromatic N) is 6. The van der Waals surface area contributed by atoms with Gasteiger partial charge in [-0.05, 0) is 90.0 Å². The van der Waals surface area contributed by atoms with Gasteiger partial charge in [-0.15, -0.1) is 11.3 Å². The van der Waals surface area contributed by atoms with Gasteiger partial charge in [0.2, 0.25) is 0 Å². The van der Waals surface area contributed by atoms with Crippen LogP contribution in [0.2, 0.25) is 0 Å². The molecule has 308 valence electrons. The Kier molecular flexibility index (Phi) is 8.02. The fraction of sp³-hybridized carbons (Fsp3) is 0. The number of hydrogen-bond acceptors (Lipinski definition) is 6. The van der Waals surface area contributed by atoms with E-state index in [0.29, 0.717) is 17.5 Å². The number of para-hydroxylation sites is 3. The zero-order chi connectivity index (χ0) is 43.3. The second-order valence-corrected chi connectivity index (χ2v) is 17.7. The number of thiophene rings is 1. The Morgan fingerprint density at radius 2 is 1.06 bits per heavy atom. The lowest BCUT2D eigenvalue weighted by molar-refractivity contribution is 0.669. The summed E-state index contributed by atoms with van der Waals surface area (Å²) in [6, 6.07) is 70.0. The van der Waals surface area contributed by atoms with E-state index in [0.717, 1.165) is 77.3 Å². The van der Waals surface area contributed by atoms with Crippen molar-refractivity contribution in [3.63, 3.8) is 0 Å². The summed E-state index contributed by atoms with van der Waals surface area (Å²) < 4.78 is 13.5. The third-order valence-corrected chi connectivity index (χ3v) is 14.1. The van der Waals surface area contributed by atoms with Crippen molar-refractivity contribution in [1.29, 1.82) is 0 Å². The van der Waals surface area contributed by atoms with E-state index in [9.17, 15) is 0 Å². The Balaban J connectivity index is 0.954. The average molecular weight is 863 g/mol. The van der Waals surface area contributed by atoms with Crippen LogP contribution >= 0.6 is 11.3 Å². The van der Waals surface area contributed by atoms with E-state index in [2.05, 4.69) is 138 Å². The van der Waals surface area contributed by atoms with E-state index in [1.165, 1.54) is 36.7 Å². The molecule has 0 bridgehead atoms. The van der Waals surface area contributed by atoms with Gasteiger partial charge in [-0.1, -0.05) is 121 Å². The van der Waals surface area contributed by atoms with Crippen molar-refractivity contribution in [3.8, 4) is 56.7 Å². The molecule has 9 aromatic carbocycles. The van der Waals surface area contributed by atoms with Crippen LogP contribution in [0, 0.1) is 0 Å². The van der Waals surface area contributed by atoms with Crippen LogP contribution < -0.4 is 0 Å². The normalized spacial score (nSPS) is 11.9. The fourth-order valence-corrected chi connectivity index (χ4v) is 11.1. The van der Waals surface area contributed by atoms with E-state index in [4.69, 9.17) is 24.5 Å². The third-order valence-electron chi connectivity index (χ3n) is 12.9. The number of aromatic nitrogens is 6. The van der Waals surface area contributed by atoms with Crippen molar-refractivity contribution >= 4 is 86.2 Å². The van der Waals surface area contributed by atoms with Crippen molar-refractivity contribution in [3.05, 3.63) is 206 Å². The molecule has 0 atom stereocenters. The van der Waals surface area contributed by atoms with Crippen LogP contribution in [0.4, 0.5) is 0 Å². The summed E-state index contributed by atoms with van der Waals surface area (Å²) in [6.07, 6.45) is 2.01. The van der Waals surface area contributed by atoms with Gasteiger partial charge in [-0.25, -0.2) is 19.6 Å². The van der Waals surface area contributed by atoms with Crippen LogP contribution in [0.1, 0.15) is 0 Å². The molecule has 0 fully saturated rings. The highest BCUT2D eigenvalue weighted by atomic mass is 32.1. The fourth-order valence-electron chi connectivity index (χ4n) is 9.82. The van der Waals surface area contributed by atoms with Gasteiger partial charge in [0.1, 0.15) is 11.2 Å². The molecule has 0 N–H and O–H groups in total. The lowest BCUT2D eigenvalue weighted by Gasteiger charge is -2.12. The highest BCUT2D eigenvalue weighted by Crippen LogP contribution is 2.43. The summed E-state index contributed by atoms with van der Waals surface area (Å²) in [6.45, 7) is 0. The molecule has 0 unspecified atom stereocenters. The first-order chi connectivity index (χ1) is 32.7. The monoisotopic (exact) mass is 862 g/mol. The summed E-state index contributed by atoms with van der Waals surface area (Å²) in [5.74, 6) is 1.72. The van der Waals surface area contributed by atoms with E-state index in [-0.39, 0.29) is 0 Å². The smallest absolute Gasteiger partial charge is 0.167 e. The Hall–Kier alpha value is -8.72. The maximum atomic E-state index is 6.47. The summed E-state index contributed by atoms with van der Waals surface area (Å²) in [5, 5.41) is 13.0. The van der Waals surface area contributed by atoms with Gasteiger partial charge in [-0.2, -0.15) is 5.10 Å². The highest BCUT2D eigenvalue weighted by Gasteiger charge is 2.21. The Bertz CT molecular complexity index is 4220. The molecular weight excluding hydrogens is 829 g/mol. The maximum absolute atomic E-state index is 6.47. The van der Waals surface area contributed by atoms with Crippen molar-refractivity contribution in [2.75, 3.05) is 0 Å². The lowest BCUT2D eigenvalue weighted by atomic mass is 10.0. The molecule has 14 rings (SSSR count). The van der Waals surface area contributed by atoms with Gasteiger partial charge < -0.3 is 8.98 Å². The molecule has 0 aliphatic carbocycles. The number of fused-ring (bicyclic) bond motifs is 11. The van der Waals surface area contributed by atoms with Gasteiger partial charge >= 0.3 is 0 Å². The molecule has 0 saturated heterocycles. The summed E-state index contributed by atoms with van der Waals surface area (Å²) in [7, 11) is 0. The topological polar surface area (TPSA) is 74.6 Å². The van der Waals surface area contributed by atoms with Gasteiger partial charge in [-0.3, -0.25) is 0 Å². The zero-order valence-electron chi connectivity index (χ0n) is 35.1. The first kappa shape index (κ1) is 36.7. The van der Waals surface area contributed by atoms with Crippen molar-refractivity contribution < 1.29 is 4.42 Å². The van der Waals surface area contributed by atoms with E-state index in [1.54, 1.807) is 0 Å². The van der Waals surface area contributed by atoms with Crippen LogP contribution in [0.3, 0.4) is 0 Å². The molecule has 7 nitrogen and oxygen atoms in total. The minimum Gasteiger partial charge on any atom is -0.455 e. The molecule has 0 amide bonds. The van der Waals surface area contributed by atoms with E-state index >= 15 is 0 Å². The molecular formula is C58H34N6OS. The van der Waals surface area contributed by atoms with Gasteiger partial charge in [0.05, 0.1) is 34.0 Å². The molecule has 66 heavy (non-hydrogen) atoms. The maximum Gasteiger partial charge on any atom is 0.167 e. The van der Waals surface area contributed by atoms with Gasteiger partial charge in [0.25, 0.3) is 0 Å². The molecule has 0 saturated carbocycles. The SMILES string of the molecule is c1ccc(-c2nc(-c3ccc(-n4c5ccc(-c6cccc7c6sc6ccccc67)cc5c5ccc6c(cnn6-c6ccccc6)c54)cc3)nc(-c3cccc4c3oc3ccccc34)n2)cc1. The average Bonchev–Trinajstić information content (AvgIpc) is 4.17. The number of furan rings is 1. The predicted molar refractivity (Wildman–Crippen MR) is 271 cm³/mol. The Labute approximate surface area is 381 Å². The number of hydrogen-bond donors (Lipinski definition) is 0. The Morgan fingerprint density at radius 1 is 0.409 bits per heavy atom. The van der Waals surface area contributed by atoms with Crippen LogP contribution in [-0.2, 0) is 0 Å². The van der Waals surface area contributed by atoms with Crippen LogP contribution in [0.25, 0.3) is 131 Å². The number of rotatable bonds is 6. The lowest BCUT2D eigenvalue weighted by Crippen LogP contribution is -2.01. The Morgan fingerprint density at radius 3 is 1.89 bits per heavy atom. The third kappa shape index (κ3) is 5.62. The number of benzene rings is 9. The molecule has 0 aliphatic heterocycles. The summed E-state index contributed by atoms with van der Waals surface area (Å²) >= 11 is 1.86. The minimum atomic E-state index is 0.551. The quantitative estimate of drug-likeness (QED) is 0.166. The van der Waals surface area contributed by atoms with Gasteiger partial charge in [0.15, 0.2) is 17.5 Å². The molecule has 5 aromatic heterocycles. The predicted octanol–water partition coefficient (Wildman–Crippen LogP) is 15.2. The molecule has 8 heteroatoms. The van der Waals surface area contributed by atoms with Crippen molar-refractivity contribution in [2.24, 2.45) is 0 Å². The first-order valence-electron chi connectivity index (χ1n) is 22.0. The zero-order valence-corrected chi connectivity index (χ0v) is 35.9. The highest BCUT2D eigenvalue weighted by molar-refractivity contribution is 7.26.